The van der Waals surface area contributed by atoms with Crippen LogP contribution < -0.4 is 4.57 Å². The van der Waals surface area contributed by atoms with E-state index in [1.165, 1.54) is 44.3 Å². The summed E-state index contributed by atoms with van der Waals surface area (Å²) in [6, 6.07) is 26.7. The van der Waals surface area contributed by atoms with Gasteiger partial charge in [0.25, 0.3) is 0 Å². The first-order valence-electron chi connectivity index (χ1n) is 10.2. The fourth-order valence-electron chi connectivity index (χ4n) is 5.15. The summed E-state index contributed by atoms with van der Waals surface area (Å²) in [5.74, 6) is 1.00. The number of rotatable bonds is 2. The second-order valence-electron chi connectivity index (χ2n) is 8.32. The number of benzene rings is 3. The molecular formula is C27H26N+. The molecule has 3 aromatic carbocycles. The average molecular weight is 365 g/mol. The van der Waals surface area contributed by atoms with Crippen LogP contribution in [0.15, 0.2) is 79.0 Å². The van der Waals surface area contributed by atoms with E-state index in [1.807, 2.05) is 0 Å². The minimum atomic E-state index is 0.440. The molecule has 138 valence electrons. The minimum absolute atomic E-state index is 0.440. The number of hydrogen-bond donors (Lipinski definition) is 0. The maximum atomic E-state index is 2.50. The van der Waals surface area contributed by atoms with E-state index in [4.69, 9.17) is 0 Å². The van der Waals surface area contributed by atoms with Gasteiger partial charge in [-0.2, -0.15) is 4.57 Å². The summed E-state index contributed by atoms with van der Waals surface area (Å²) < 4.78 is 2.50. The zero-order valence-electron chi connectivity index (χ0n) is 16.8. The van der Waals surface area contributed by atoms with Gasteiger partial charge in [0.1, 0.15) is 0 Å². The molecule has 0 saturated carbocycles. The second-order valence-corrected chi connectivity index (χ2v) is 8.32. The van der Waals surface area contributed by atoms with Gasteiger partial charge >= 0.3 is 0 Å². The molecule has 2 atom stereocenters. The zero-order chi connectivity index (χ0) is 19.3. The summed E-state index contributed by atoms with van der Waals surface area (Å²) in [5, 5.41) is 1.38. The largest absolute Gasteiger partial charge is 0.217 e. The third-order valence-corrected chi connectivity index (χ3v) is 6.19. The summed E-state index contributed by atoms with van der Waals surface area (Å²) in [5.41, 5.74) is 9.67. The van der Waals surface area contributed by atoms with Crippen LogP contribution in [0.4, 0.5) is 0 Å². The number of pyridine rings is 1. The van der Waals surface area contributed by atoms with Crippen LogP contribution in [0.5, 0.6) is 0 Å². The lowest BCUT2D eigenvalue weighted by Gasteiger charge is -2.29. The molecule has 0 fully saturated rings. The van der Waals surface area contributed by atoms with Crippen molar-refractivity contribution in [3.05, 3.63) is 101 Å². The molecule has 0 aliphatic carbocycles. The third kappa shape index (κ3) is 2.65. The quantitative estimate of drug-likeness (QED) is 0.373. The van der Waals surface area contributed by atoms with Crippen LogP contribution in [0, 0.1) is 19.8 Å². The highest BCUT2D eigenvalue weighted by Crippen LogP contribution is 2.41. The summed E-state index contributed by atoms with van der Waals surface area (Å²) >= 11 is 0. The first kappa shape index (κ1) is 17.2. The number of nitrogens with zero attached hydrogens (tertiary/aromatic N) is 1. The number of hydrogen-bond acceptors (Lipinski definition) is 0. The van der Waals surface area contributed by atoms with Gasteiger partial charge in [-0.25, -0.2) is 0 Å². The van der Waals surface area contributed by atoms with Crippen LogP contribution in [0.2, 0.25) is 0 Å². The van der Waals surface area contributed by atoms with E-state index in [9.17, 15) is 0 Å². The Balaban J connectivity index is 1.86. The van der Waals surface area contributed by atoms with Gasteiger partial charge in [0.05, 0.1) is 5.39 Å². The van der Waals surface area contributed by atoms with Crippen LogP contribution in [0.3, 0.4) is 0 Å². The van der Waals surface area contributed by atoms with Crippen molar-refractivity contribution < 1.29 is 4.57 Å². The Hall–Kier alpha value is -2.93. The Morgan fingerprint density at radius 3 is 2.25 bits per heavy atom. The monoisotopic (exact) mass is 364 g/mol. The summed E-state index contributed by atoms with van der Waals surface area (Å²) in [4.78, 5) is 0. The van der Waals surface area contributed by atoms with Gasteiger partial charge < -0.3 is 0 Å². The van der Waals surface area contributed by atoms with Crippen LogP contribution >= 0.6 is 0 Å². The molecule has 0 radical (unpaired) electrons. The van der Waals surface area contributed by atoms with Gasteiger partial charge in [-0.05, 0) is 42.7 Å². The Kier molecular flexibility index (Phi) is 4.05. The van der Waals surface area contributed by atoms with Crippen LogP contribution in [-0.4, -0.2) is 0 Å². The fourth-order valence-corrected chi connectivity index (χ4v) is 5.15. The average Bonchev–Trinajstić information content (AvgIpc) is 2.69. The van der Waals surface area contributed by atoms with Crippen LogP contribution in [0.1, 0.15) is 35.1 Å². The van der Waals surface area contributed by atoms with Gasteiger partial charge in [-0.3, -0.25) is 0 Å². The molecule has 2 heterocycles. The highest BCUT2D eigenvalue weighted by Gasteiger charge is 2.35. The maximum Gasteiger partial charge on any atom is 0.217 e. The highest BCUT2D eigenvalue weighted by molar-refractivity contribution is 5.96. The van der Waals surface area contributed by atoms with Crippen LogP contribution in [0.25, 0.3) is 22.0 Å². The molecule has 1 aromatic heterocycles. The van der Waals surface area contributed by atoms with Crippen molar-refractivity contribution in [3.8, 4) is 11.1 Å². The van der Waals surface area contributed by atoms with Crippen molar-refractivity contribution >= 4 is 10.9 Å². The molecule has 1 aliphatic heterocycles. The first-order valence-corrected chi connectivity index (χ1v) is 10.2. The first-order chi connectivity index (χ1) is 13.6. The lowest BCUT2D eigenvalue weighted by molar-refractivity contribution is -0.681. The zero-order valence-corrected chi connectivity index (χ0v) is 16.8. The molecular weight excluding hydrogens is 338 g/mol. The van der Waals surface area contributed by atoms with E-state index in [1.54, 1.807) is 0 Å². The van der Waals surface area contributed by atoms with Gasteiger partial charge in [-0.15, -0.1) is 0 Å². The van der Waals surface area contributed by atoms with Gasteiger partial charge in [0, 0.05) is 28.5 Å². The molecule has 2 unspecified atom stereocenters. The molecule has 1 heteroatoms. The standard InChI is InChI=1S/C27H26N/c1-18-14-23-25(21-10-6-4-7-11-21)19(2)16-28-17-20(3)26(24(15-18)27(23)28)22-12-8-5-9-13-22/h4-16,20,26H,17H2,1-3H3/q+1. The van der Waals surface area contributed by atoms with E-state index in [2.05, 4.69) is 104 Å². The molecule has 4 aromatic rings. The van der Waals surface area contributed by atoms with Gasteiger partial charge in [0.15, 0.2) is 12.7 Å². The predicted octanol–water partition coefficient (Wildman–Crippen LogP) is 6.19. The summed E-state index contributed by atoms with van der Waals surface area (Å²) in [6.07, 6.45) is 2.36. The topological polar surface area (TPSA) is 3.88 Å². The molecule has 28 heavy (non-hydrogen) atoms. The van der Waals surface area contributed by atoms with Crippen molar-refractivity contribution in [2.75, 3.05) is 0 Å². The molecule has 5 rings (SSSR count). The fraction of sp³-hybridized carbons (Fsp3) is 0.222. The van der Waals surface area contributed by atoms with Crippen molar-refractivity contribution in [2.45, 2.75) is 33.2 Å². The SMILES string of the molecule is Cc1cc2c3c(c1)c(-c1ccccc1)c(C)c[n+]3CC(C)C2c1ccccc1. The summed E-state index contributed by atoms with van der Waals surface area (Å²) in [7, 11) is 0. The molecule has 0 amide bonds. The Bertz CT molecular complexity index is 1160. The van der Waals surface area contributed by atoms with Crippen molar-refractivity contribution in [1.29, 1.82) is 0 Å². The van der Waals surface area contributed by atoms with E-state index in [-0.39, 0.29) is 0 Å². The van der Waals surface area contributed by atoms with Gasteiger partial charge in [-0.1, -0.05) is 67.6 Å². The minimum Gasteiger partial charge on any atom is -0.197 e. The lowest BCUT2D eigenvalue weighted by Crippen LogP contribution is -2.44. The van der Waals surface area contributed by atoms with Crippen molar-refractivity contribution in [1.82, 2.24) is 0 Å². The normalized spacial score (nSPS) is 18.4. The summed E-state index contributed by atoms with van der Waals surface area (Å²) in [6.45, 7) is 7.93. The second kappa shape index (κ2) is 6.60. The Morgan fingerprint density at radius 1 is 0.857 bits per heavy atom. The Labute approximate surface area is 167 Å². The molecule has 0 spiro atoms. The Morgan fingerprint density at radius 2 is 1.54 bits per heavy atom. The number of aryl methyl sites for hydroxylation is 2. The third-order valence-electron chi connectivity index (χ3n) is 6.19. The lowest BCUT2D eigenvalue weighted by atomic mass is 9.77. The van der Waals surface area contributed by atoms with E-state index in [0.717, 1.165) is 6.54 Å². The molecule has 1 nitrogen and oxygen atoms in total. The smallest absolute Gasteiger partial charge is 0.197 e. The van der Waals surface area contributed by atoms with Crippen LogP contribution in [-0.2, 0) is 6.54 Å². The van der Waals surface area contributed by atoms with E-state index < -0.39 is 0 Å². The van der Waals surface area contributed by atoms with E-state index >= 15 is 0 Å². The predicted molar refractivity (Wildman–Crippen MR) is 117 cm³/mol. The molecule has 1 aliphatic rings. The maximum absolute atomic E-state index is 2.50. The van der Waals surface area contributed by atoms with Crippen molar-refractivity contribution in [3.63, 3.8) is 0 Å². The highest BCUT2D eigenvalue weighted by atomic mass is 15.0. The molecule has 0 bridgehead atoms. The van der Waals surface area contributed by atoms with Crippen molar-refractivity contribution in [2.24, 2.45) is 5.92 Å². The molecule has 0 N–H and O–H groups in total. The van der Waals surface area contributed by atoms with Gasteiger partial charge in [0.2, 0.25) is 5.52 Å². The number of aromatic nitrogens is 1. The molecule has 0 saturated heterocycles. The van der Waals surface area contributed by atoms with E-state index in [0.29, 0.717) is 11.8 Å².